The second-order valence-electron chi connectivity index (χ2n) is 5.55. The van der Waals surface area contributed by atoms with Crippen molar-refractivity contribution in [3.63, 3.8) is 0 Å². The van der Waals surface area contributed by atoms with Crippen LogP contribution < -0.4 is 10.6 Å². The number of esters is 1. The summed E-state index contributed by atoms with van der Waals surface area (Å²) >= 11 is 0. The topological polar surface area (TPSA) is 121 Å². The molecule has 28 heavy (non-hydrogen) atoms. The van der Waals surface area contributed by atoms with Gasteiger partial charge in [0.2, 0.25) is 0 Å². The Hall–Kier alpha value is -3.86. The van der Waals surface area contributed by atoms with Gasteiger partial charge in [-0.2, -0.15) is 5.26 Å². The van der Waals surface area contributed by atoms with Gasteiger partial charge < -0.3 is 19.8 Å². The molecule has 0 aliphatic heterocycles. The average Bonchev–Trinajstić information content (AvgIpc) is 3.16. The van der Waals surface area contributed by atoms with Gasteiger partial charge in [0.15, 0.2) is 0 Å². The van der Waals surface area contributed by atoms with Crippen molar-refractivity contribution in [1.29, 1.82) is 5.26 Å². The van der Waals surface area contributed by atoms with Crippen molar-refractivity contribution in [2.75, 3.05) is 6.61 Å². The highest BCUT2D eigenvalue weighted by molar-refractivity contribution is 6.32. The zero-order valence-electron chi connectivity index (χ0n) is 15.2. The first-order chi connectivity index (χ1) is 13.5. The van der Waals surface area contributed by atoms with E-state index in [1.165, 1.54) is 6.08 Å². The van der Waals surface area contributed by atoms with Crippen LogP contribution in [0.3, 0.4) is 0 Å². The van der Waals surface area contributed by atoms with Gasteiger partial charge in [-0.05, 0) is 24.6 Å². The molecule has 2 N–H and O–H groups in total. The van der Waals surface area contributed by atoms with E-state index < -0.39 is 17.8 Å². The molecule has 0 saturated heterocycles. The Balaban J connectivity index is 1.93. The van der Waals surface area contributed by atoms with Crippen molar-refractivity contribution in [1.82, 2.24) is 10.6 Å². The molecular weight excluding hydrogens is 362 g/mol. The number of furan rings is 1. The van der Waals surface area contributed by atoms with Crippen LogP contribution in [0.15, 0.2) is 52.5 Å². The largest absolute Gasteiger partial charge is 0.460 e. The summed E-state index contributed by atoms with van der Waals surface area (Å²) in [6.45, 7) is 1.96. The summed E-state index contributed by atoms with van der Waals surface area (Å²) in [5.74, 6) is -1.76. The lowest BCUT2D eigenvalue weighted by Crippen LogP contribution is -2.31. The van der Waals surface area contributed by atoms with Crippen LogP contribution in [0.4, 0.5) is 0 Å². The molecule has 0 spiro atoms. The molecule has 0 unspecified atom stereocenters. The standard InChI is InChI=1S/C20H19N3O5/c1-2-27-20(26)19(25)23-13-17-9-8-16(28-17)10-15(11-21)18(24)22-12-14-6-4-3-5-7-14/h3-10H,2,12-13H2,1H3,(H,22,24)(H,23,25)/b15-10-. The summed E-state index contributed by atoms with van der Waals surface area (Å²) in [5, 5.41) is 14.2. The maximum atomic E-state index is 12.2. The van der Waals surface area contributed by atoms with Gasteiger partial charge in [0.1, 0.15) is 23.2 Å². The zero-order valence-corrected chi connectivity index (χ0v) is 15.2. The molecule has 144 valence electrons. The SMILES string of the molecule is CCOC(=O)C(=O)NCc1ccc(/C=C(/C#N)C(=O)NCc2ccccc2)o1. The third-order valence-electron chi connectivity index (χ3n) is 3.51. The van der Waals surface area contributed by atoms with Crippen molar-refractivity contribution in [2.45, 2.75) is 20.0 Å². The van der Waals surface area contributed by atoms with Crippen LogP contribution in [0, 0.1) is 11.3 Å². The number of hydrogen-bond acceptors (Lipinski definition) is 6. The monoisotopic (exact) mass is 381 g/mol. The first kappa shape index (κ1) is 20.5. The number of amides is 2. The molecule has 1 aromatic heterocycles. The Kier molecular flexibility index (Phi) is 7.54. The molecule has 0 aliphatic carbocycles. The van der Waals surface area contributed by atoms with Gasteiger partial charge in [-0.3, -0.25) is 9.59 Å². The number of rotatable bonds is 7. The molecule has 1 aromatic carbocycles. The normalized spacial score (nSPS) is 10.6. The molecule has 2 amide bonds. The van der Waals surface area contributed by atoms with E-state index in [2.05, 4.69) is 15.4 Å². The molecule has 2 rings (SSSR count). The number of nitriles is 1. The van der Waals surface area contributed by atoms with Crippen LogP contribution in [0.2, 0.25) is 0 Å². The van der Waals surface area contributed by atoms with Crippen molar-refractivity contribution in [3.05, 3.63) is 65.1 Å². The fourth-order valence-corrected chi connectivity index (χ4v) is 2.17. The van der Waals surface area contributed by atoms with E-state index in [-0.39, 0.29) is 24.5 Å². The summed E-state index contributed by atoms with van der Waals surface area (Å²) in [4.78, 5) is 34.9. The van der Waals surface area contributed by atoms with Crippen LogP contribution in [-0.4, -0.2) is 24.4 Å². The maximum absolute atomic E-state index is 12.2. The molecular formula is C20H19N3O5. The van der Waals surface area contributed by atoms with Crippen LogP contribution in [0.1, 0.15) is 24.0 Å². The number of nitrogens with one attached hydrogen (secondary N) is 2. The van der Waals surface area contributed by atoms with E-state index >= 15 is 0 Å². The molecule has 2 aromatic rings. The molecule has 0 saturated carbocycles. The van der Waals surface area contributed by atoms with Gasteiger partial charge in [0.05, 0.1) is 13.2 Å². The number of nitrogens with zero attached hydrogens (tertiary/aromatic N) is 1. The van der Waals surface area contributed by atoms with Crippen LogP contribution in [0.5, 0.6) is 0 Å². The van der Waals surface area contributed by atoms with Crippen molar-refractivity contribution >= 4 is 23.9 Å². The third-order valence-corrected chi connectivity index (χ3v) is 3.51. The fraction of sp³-hybridized carbons (Fsp3) is 0.200. The van der Waals surface area contributed by atoms with E-state index in [9.17, 15) is 19.6 Å². The Morgan fingerprint density at radius 2 is 1.79 bits per heavy atom. The van der Waals surface area contributed by atoms with Crippen LogP contribution >= 0.6 is 0 Å². The highest BCUT2D eigenvalue weighted by atomic mass is 16.5. The molecule has 0 fully saturated rings. The van der Waals surface area contributed by atoms with E-state index in [1.807, 2.05) is 36.4 Å². The first-order valence-electron chi connectivity index (χ1n) is 8.51. The quantitative estimate of drug-likeness (QED) is 0.326. The molecule has 0 aliphatic rings. The van der Waals surface area contributed by atoms with Crippen LogP contribution in [-0.2, 0) is 32.2 Å². The van der Waals surface area contributed by atoms with Gasteiger partial charge in [-0.25, -0.2) is 4.79 Å². The summed E-state index contributed by atoms with van der Waals surface area (Å²) in [6.07, 6.45) is 1.30. The van der Waals surface area contributed by atoms with Gasteiger partial charge in [0, 0.05) is 12.6 Å². The number of ether oxygens (including phenoxy) is 1. The van der Waals surface area contributed by atoms with E-state index in [0.717, 1.165) is 5.56 Å². The summed E-state index contributed by atoms with van der Waals surface area (Å²) < 4.78 is 10.0. The van der Waals surface area contributed by atoms with Crippen molar-refractivity contribution in [2.24, 2.45) is 0 Å². The summed E-state index contributed by atoms with van der Waals surface area (Å²) in [5.41, 5.74) is 0.790. The predicted octanol–water partition coefficient (Wildman–Crippen LogP) is 1.68. The smallest absolute Gasteiger partial charge is 0.396 e. The number of carbonyl (C=O) groups excluding carboxylic acids is 3. The molecule has 0 bridgehead atoms. The van der Waals surface area contributed by atoms with Gasteiger partial charge in [-0.1, -0.05) is 30.3 Å². The van der Waals surface area contributed by atoms with Crippen LogP contribution in [0.25, 0.3) is 6.08 Å². The summed E-state index contributed by atoms with van der Waals surface area (Å²) in [6, 6.07) is 14.2. The fourth-order valence-electron chi connectivity index (χ4n) is 2.17. The minimum atomic E-state index is -0.976. The Morgan fingerprint density at radius 3 is 2.46 bits per heavy atom. The van der Waals surface area contributed by atoms with Gasteiger partial charge in [0.25, 0.3) is 5.91 Å². The Bertz CT molecular complexity index is 909. The highest BCUT2D eigenvalue weighted by Gasteiger charge is 2.15. The van der Waals surface area contributed by atoms with Gasteiger partial charge in [-0.15, -0.1) is 0 Å². The van der Waals surface area contributed by atoms with Crippen molar-refractivity contribution < 1.29 is 23.5 Å². The molecule has 1 heterocycles. The third kappa shape index (κ3) is 6.14. The highest BCUT2D eigenvalue weighted by Crippen LogP contribution is 2.12. The predicted molar refractivity (Wildman–Crippen MR) is 99.1 cm³/mol. The minimum absolute atomic E-state index is 0.0341. The Morgan fingerprint density at radius 1 is 1.07 bits per heavy atom. The minimum Gasteiger partial charge on any atom is -0.460 e. The second kappa shape index (κ2) is 10.3. The van der Waals surface area contributed by atoms with E-state index in [4.69, 9.17) is 4.42 Å². The lowest BCUT2D eigenvalue weighted by atomic mass is 10.2. The molecule has 8 heteroatoms. The van der Waals surface area contributed by atoms with Crippen molar-refractivity contribution in [3.8, 4) is 6.07 Å². The lowest BCUT2D eigenvalue weighted by molar-refractivity contribution is -0.154. The zero-order chi connectivity index (χ0) is 20.4. The number of carbonyl (C=O) groups is 3. The van der Waals surface area contributed by atoms with E-state index in [0.29, 0.717) is 12.3 Å². The average molecular weight is 381 g/mol. The number of benzene rings is 1. The Labute approximate surface area is 161 Å². The molecule has 8 nitrogen and oxygen atoms in total. The second-order valence-corrected chi connectivity index (χ2v) is 5.55. The first-order valence-corrected chi connectivity index (χ1v) is 8.51. The molecule has 0 radical (unpaired) electrons. The van der Waals surface area contributed by atoms with E-state index in [1.54, 1.807) is 19.1 Å². The van der Waals surface area contributed by atoms with Gasteiger partial charge >= 0.3 is 11.9 Å². The summed E-state index contributed by atoms with van der Waals surface area (Å²) in [7, 11) is 0. The lowest BCUT2D eigenvalue weighted by Gasteiger charge is -2.04. The number of hydrogen-bond donors (Lipinski definition) is 2. The molecule has 0 atom stereocenters. The maximum Gasteiger partial charge on any atom is 0.396 e.